The van der Waals surface area contributed by atoms with Crippen molar-refractivity contribution < 1.29 is 52.7 Å². The van der Waals surface area contributed by atoms with Gasteiger partial charge in [-0.3, -0.25) is 57.7 Å². The predicted molar refractivity (Wildman–Crippen MR) is 283 cm³/mol. The zero-order chi connectivity index (χ0) is 56.1. The van der Waals surface area contributed by atoms with Crippen molar-refractivity contribution in [1.82, 2.24) is 41.3 Å². The second kappa shape index (κ2) is 30.2. The maximum Gasteiger partial charge on any atom is 0.246 e. The molecule has 0 aromatic heterocycles. The number of amides is 11. The zero-order valence-corrected chi connectivity index (χ0v) is 44.0. The van der Waals surface area contributed by atoms with Gasteiger partial charge in [-0.05, 0) is 43.2 Å². The first-order valence-corrected chi connectivity index (χ1v) is 26.9. The number of primary amides is 3. The molecule has 0 saturated carbocycles. The van der Waals surface area contributed by atoms with E-state index in [0.29, 0.717) is 17.5 Å². The minimum Gasteiger partial charge on any atom is -0.370 e. The third kappa shape index (κ3) is 19.0. The monoisotopic (exact) mass is 1100 g/mol. The summed E-state index contributed by atoms with van der Waals surface area (Å²) in [6, 6.07) is 6.44. The summed E-state index contributed by atoms with van der Waals surface area (Å²) in [6.45, 7) is -0.414. The fourth-order valence-corrected chi connectivity index (χ4v) is 10.6. The molecule has 2 aliphatic heterocycles. The number of carbonyl (C=O) groups is 11. The highest BCUT2D eigenvalue weighted by Gasteiger charge is 2.42. The SMILES string of the molecule is CN1C(=O)[C@@H](N)CSSC[C@@H](C(=O)N2CCC[C@H]2C(=O)N[C@@H](CCCN=C(N)N)C(=O)NCC(N)=O)NC(=O)[C@H](CC(N)=O)NC(=O)C(CCC(N)=O)NC(=O)[C@H](Cc2ccccc2)N(C)C(=O)[C@H]1Cc1ccccc1. The van der Waals surface area contributed by atoms with Crippen LogP contribution < -0.4 is 61.0 Å². The van der Waals surface area contributed by atoms with Crippen LogP contribution in [0.2, 0.25) is 0 Å². The Morgan fingerprint density at radius 1 is 0.724 bits per heavy atom. The van der Waals surface area contributed by atoms with Gasteiger partial charge in [-0.2, -0.15) is 0 Å². The third-order valence-corrected chi connectivity index (χ3v) is 14.9. The standard InChI is InChI=1S/C48H69N15O11S2/c1-61-35(21-27-11-5-3-6-12-27)44(71)58-31(17-18-37(50)64)41(68)59-32(23-38(51)65)42(69)60-33(26-76-75-25-29(49)45(72)62(2)36(47(61)74)22-28-13-7-4-8-14-28)46(73)63-20-10-16-34(63)43(70)57-30(15-9-19-55-48(53)54)40(67)56-24-39(52)66/h3-8,11-14,29-36H,9-10,15-26,49H2,1-2H3,(H2,50,64)(H2,51,65)(H2,52,66)(H,56,67)(H,57,70)(H,58,71)(H,59,68)(H,60,69)(H4,53,54,55)/t29-,30-,31?,32-,33-,34-,35-,36+/m0/s1. The lowest BCUT2D eigenvalue weighted by molar-refractivity contribution is -0.148. The van der Waals surface area contributed by atoms with Crippen molar-refractivity contribution in [2.75, 3.05) is 45.2 Å². The molecular formula is C48H69N15O11S2. The van der Waals surface area contributed by atoms with E-state index in [9.17, 15) is 52.7 Å². The second-order valence-corrected chi connectivity index (χ2v) is 20.8. The van der Waals surface area contributed by atoms with Crippen molar-refractivity contribution in [3.05, 3.63) is 71.8 Å². The molecule has 2 aromatic carbocycles. The van der Waals surface area contributed by atoms with E-state index < -0.39 is 139 Å². The number of guanidine groups is 1. The minimum absolute atomic E-state index is 0.00696. The number of carbonyl (C=O) groups excluding carboxylic acids is 11. The molecule has 28 heteroatoms. The van der Waals surface area contributed by atoms with Gasteiger partial charge in [-0.15, -0.1) is 0 Å². The number of nitrogens with one attached hydrogen (secondary N) is 5. The van der Waals surface area contributed by atoms with Gasteiger partial charge in [0, 0.05) is 58.0 Å². The summed E-state index contributed by atoms with van der Waals surface area (Å²) in [5.74, 6) is -9.84. The highest BCUT2D eigenvalue weighted by molar-refractivity contribution is 8.76. The first kappa shape index (κ1) is 61.1. The predicted octanol–water partition coefficient (Wildman–Crippen LogP) is -4.43. The lowest BCUT2D eigenvalue weighted by Crippen LogP contribution is -2.61. The van der Waals surface area contributed by atoms with E-state index in [0.717, 1.165) is 21.6 Å². The van der Waals surface area contributed by atoms with E-state index in [1.807, 2.05) is 0 Å². The minimum atomic E-state index is -1.78. The Labute approximate surface area is 447 Å². The van der Waals surface area contributed by atoms with E-state index in [-0.39, 0.29) is 62.7 Å². The van der Waals surface area contributed by atoms with E-state index in [1.54, 1.807) is 60.7 Å². The Balaban J connectivity index is 1.75. The van der Waals surface area contributed by atoms with Crippen molar-refractivity contribution >= 4 is 92.5 Å². The molecule has 2 heterocycles. The molecule has 2 aromatic rings. The summed E-state index contributed by atoms with van der Waals surface area (Å²) >= 11 is 0. The number of nitrogens with zero attached hydrogens (tertiary/aromatic N) is 4. The molecule has 0 aliphatic carbocycles. The number of likely N-dealkylation sites (N-methyl/N-ethyl adjacent to an activating group) is 2. The van der Waals surface area contributed by atoms with Gasteiger partial charge < -0.3 is 75.7 Å². The summed E-state index contributed by atoms with van der Waals surface area (Å²) in [4.78, 5) is 158. The molecule has 1 unspecified atom stereocenters. The van der Waals surface area contributed by atoms with Crippen LogP contribution >= 0.6 is 21.6 Å². The topological polar surface area (TPSA) is 426 Å². The summed E-state index contributed by atoms with van der Waals surface area (Å²) in [6.07, 6.45) is -1.07. The fourth-order valence-electron chi connectivity index (χ4n) is 8.38. The molecule has 76 heavy (non-hydrogen) atoms. The Morgan fingerprint density at radius 3 is 1.89 bits per heavy atom. The molecule has 414 valence electrons. The van der Waals surface area contributed by atoms with Crippen LogP contribution in [0.5, 0.6) is 0 Å². The van der Waals surface area contributed by atoms with Gasteiger partial charge in [0.15, 0.2) is 5.96 Å². The van der Waals surface area contributed by atoms with Gasteiger partial charge in [0.25, 0.3) is 0 Å². The Kier molecular flexibility index (Phi) is 24.3. The van der Waals surface area contributed by atoms with Crippen LogP contribution in [0.1, 0.15) is 56.1 Å². The largest absolute Gasteiger partial charge is 0.370 e. The van der Waals surface area contributed by atoms with Gasteiger partial charge in [0.1, 0.15) is 42.3 Å². The van der Waals surface area contributed by atoms with Crippen LogP contribution in [0.4, 0.5) is 0 Å². The fraction of sp³-hybridized carbons (Fsp3) is 0.500. The lowest BCUT2D eigenvalue weighted by Gasteiger charge is -2.36. The summed E-state index contributed by atoms with van der Waals surface area (Å²) in [5.41, 5.74) is 34.9. The van der Waals surface area contributed by atoms with Crippen molar-refractivity contribution in [3.63, 3.8) is 0 Å². The van der Waals surface area contributed by atoms with E-state index in [4.69, 9.17) is 34.4 Å². The molecule has 2 aliphatic rings. The summed E-state index contributed by atoms with van der Waals surface area (Å²) < 4.78 is 0. The van der Waals surface area contributed by atoms with Crippen molar-refractivity contribution in [3.8, 4) is 0 Å². The average molecular weight is 1100 g/mol. The van der Waals surface area contributed by atoms with Crippen LogP contribution in [0, 0.1) is 0 Å². The van der Waals surface area contributed by atoms with Crippen molar-refractivity contribution in [1.29, 1.82) is 0 Å². The highest BCUT2D eigenvalue weighted by Crippen LogP contribution is 2.27. The molecular weight excluding hydrogens is 1030 g/mol. The first-order chi connectivity index (χ1) is 36.1. The smallest absolute Gasteiger partial charge is 0.246 e. The third-order valence-electron chi connectivity index (χ3n) is 12.5. The molecule has 0 spiro atoms. The number of likely N-dealkylation sites (tertiary alicyclic amines) is 1. The van der Waals surface area contributed by atoms with Gasteiger partial charge in [0.2, 0.25) is 65.0 Å². The molecule has 26 nitrogen and oxygen atoms in total. The zero-order valence-electron chi connectivity index (χ0n) is 42.4. The molecule has 2 saturated heterocycles. The summed E-state index contributed by atoms with van der Waals surface area (Å²) in [7, 11) is 4.88. The van der Waals surface area contributed by atoms with E-state index in [2.05, 4.69) is 31.6 Å². The molecule has 0 bridgehead atoms. The summed E-state index contributed by atoms with van der Waals surface area (Å²) in [5, 5.41) is 12.6. The van der Waals surface area contributed by atoms with E-state index >= 15 is 0 Å². The highest BCUT2D eigenvalue weighted by atomic mass is 33.1. The normalized spacial score (nSPS) is 22.8. The molecule has 0 radical (unpaired) electrons. The number of nitrogens with two attached hydrogens (primary N) is 6. The molecule has 8 atom stereocenters. The first-order valence-electron chi connectivity index (χ1n) is 24.4. The van der Waals surface area contributed by atoms with Crippen LogP contribution in [0.15, 0.2) is 65.7 Å². The Hall–Kier alpha value is -7.46. The second-order valence-electron chi connectivity index (χ2n) is 18.2. The van der Waals surface area contributed by atoms with Gasteiger partial charge >= 0.3 is 0 Å². The lowest BCUT2D eigenvalue weighted by atomic mass is 9.99. The maximum atomic E-state index is 14.8. The van der Waals surface area contributed by atoms with Gasteiger partial charge in [-0.1, -0.05) is 82.3 Å². The number of aliphatic imine (C=N–C) groups is 1. The Bertz CT molecular complexity index is 2440. The number of hydrogen-bond donors (Lipinski definition) is 11. The van der Waals surface area contributed by atoms with Crippen LogP contribution in [-0.2, 0) is 65.6 Å². The average Bonchev–Trinajstić information content (AvgIpc) is 3.88. The Morgan fingerprint density at radius 2 is 1.30 bits per heavy atom. The van der Waals surface area contributed by atoms with Gasteiger partial charge in [0.05, 0.1) is 19.0 Å². The molecule has 11 amide bonds. The molecule has 2 fully saturated rings. The van der Waals surface area contributed by atoms with Crippen LogP contribution in [0.25, 0.3) is 0 Å². The number of rotatable bonds is 19. The van der Waals surface area contributed by atoms with Crippen molar-refractivity contribution in [2.45, 2.75) is 106 Å². The van der Waals surface area contributed by atoms with Crippen molar-refractivity contribution in [2.24, 2.45) is 39.4 Å². The number of benzene rings is 2. The molecule has 17 N–H and O–H groups in total. The van der Waals surface area contributed by atoms with Crippen LogP contribution in [0.3, 0.4) is 0 Å². The molecule has 4 rings (SSSR count). The quantitative estimate of drug-likeness (QED) is 0.0274. The maximum absolute atomic E-state index is 14.8. The van der Waals surface area contributed by atoms with Gasteiger partial charge in [-0.25, -0.2) is 0 Å². The number of hydrogen-bond acceptors (Lipinski definition) is 15. The van der Waals surface area contributed by atoms with E-state index in [1.165, 1.54) is 28.8 Å². The van der Waals surface area contributed by atoms with Crippen LogP contribution in [-0.4, -0.2) is 179 Å².